The summed E-state index contributed by atoms with van der Waals surface area (Å²) >= 11 is 0. The highest BCUT2D eigenvalue weighted by atomic mass is 19.1. The summed E-state index contributed by atoms with van der Waals surface area (Å²) in [6.07, 6.45) is 2.80. The first-order valence-electron chi connectivity index (χ1n) is 6.01. The molecule has 0 radical (unpaired) electrons. The number of rotatable bonds is 5. The lowest BCUT2D eigenvalue weighted by atomic mass is 9.95. The number of aliphatic hydroxyl groups is 1. The quantitative estimate of drug-likeness (QED) is 0.865. The maximum absolute atomic E-state index is 13.9. The first-order chi connectivity index (χ1) is 9.02. The van der Waals surface area contributed by atoms with E-state index in [0.717, 1.165) is 0 Å². The van der Waals surface area contributed by atoms with Gasteiger partial charge in [0.15, 0.2) is 5.82 Å². The molecule has 1 heterocycles. The lowest BCUT2D eigenvalue weighted by Crippen LogP contribution is -2.26. The van der Waals surface area contributed by atoms with Crippen molar-refractivity contribution in [3.05, 3.63) is 36.7 Å². The van der Waals surface area contributed by atoms with E-state index in [1.165, 1.54) is 23.4 Å². The van der Waals surface area contributed by atoms with E-state index in [2.05, 4.69) is 15.4 Å². The zero-order valence-electron chi connectivity index (χ0n) is 11.0. The zero-order chi connectivity index (χ0) is 13.9. The number of anilines is 1. The van der Waals surface area contributed by atoms with Crippen molar-refractivity contribution in [3.63, 3.8) is 0 Å². The van der Waals surface area contributed by atoms with Crippen molar-refractivity contribution < 1.29 is 9.50 Å². The molecule has 0 aliphatic rings. The molecule has 1 aromatic carbocycles. The minimum Gasteiger partial charge on any atom is -0.396 e. The van der Waals surface area contributed by atoms with Crippen LogP contribution in [0.1, 0.15) is 13.8 Å². The van der Waals surface area contributed by atoms with Gasteiger partial charge in [0.2, 0.25) is 0 Å². The summed E-state index contributed by atoms with van der Waals surface area (Å²) in [5.41, 5.74) is 0.772. The van der Waals surface area contributed by atoms with Gasteiger partial charge < -0.3 is 10.4 Å². The van der Waals surface area contributed by atoms with Gasteiger partial charge in [-0.15, -0.1) is 0 Å². The van der Waals surface area contributed by atoms with Crippen LogP contribution in [0.5, 0.6) is 0 Å². The van der Waals surface area contributed by atoms with Gasteiger partial charge in [0.1, 0.15) is 18.3 Å². The molecule has 0 amide bonds. The predicted molar refractivity (Wildman–Crippen MR) is 70.7 cm³/mol. The summed E-state index contributed by atoms with van der Waals surface area (Å²) in [7, 11) is 0. The average Bonchev–Trinajstić information content (AvgIpc) is 2.90. The number of aliphatic hydroxyl groups excluding tert-OH is 1. The van der Waals surface area contributed by atoms with Gasteiger partial charge >= 0.3 is 0 Å². The maximum Gasteiger partial charge on any atom is 0.150 e. The molecular weight excluding hydrogens is 247 g/mol. The minimum atomic E-state index is -0.377. The van der Waals surface area contributed by atoms with E-state index >= 15 is 0 Å². The average molecular weight is 264 g/mol. The van der Waals surface area contributed by atoms with Crippen LogP contribution < -0.4 is 5.32 Å². The molecule has 0 aliphatic carbocycles. The molecule has 2 N–H and O–H groups in total. The smallest absolute Gasteiger partial charge is 0.150 e. The molecule has 0 bridgehead atoms. The molecular formula is C13H17FN4O. The maximum atomic E-state index is 13.9. The number of hydrogen-bond acceptors (Lipinski definition) is 4. The predicted octanol–water partition coefficient (Wildman–Crippen LogP) is 1.84. The van der Waals surface area contributed by atoms with Crippen LogP contribution in [0, 0.1) is 11.2 Å². The summed E-state index contributed by atoms with van der Waals surface area (Å²) in [6.45, 7) is 4.49. The Morgan fingerprint density at radius 3 is 2.79 bits per heavy atom. The molecule has 6 heteroatoms. The highest BCUT2D eigenvalue weighted by Gasteiger charge is 2.16. The van der Waals surface area contributed by atoms with Crippen LogP contribution in [0.25, 0.3) is 5.69 Å². The lowest BCUT2D eigenvalue weighted by molar-refractivity contribution is 0.171. The molecule has 2 aromatic rings. The third-order valence-electron chi connectivity index (χ3n) is 2.81. The first kappa shape index (κ1) is 13.5. The zero-order valence-corrected chi connectivity index (χ0v) is 11.0. The Morgan fingerprint density at radius 2 is 2.21 bits per heavy atom. The second-order valence-electron chi connectivity index (χ2n) is 5.18. The van der Waals surface area contributed by atoms with E-state index in [9.17, 15) is 4.39 Å². The highest BCUT2D eigenvalue weighted by Crippen LogP contribution is 2.20. The van der Waals surface area contributed by atoms with Crippen molar-refractivity contribution in [1.29, 1.82) is 0 Å². The van der Waals surface area contributed by atoms with Crippen LogP contribution >= 0.6 is 0 Å². The van der Waals surface area contributed by atoms with Crippen molar-refractivity contribution in [2.75, 3.05) is 18.5 Å². The van der Waals surface area contributed by atoms with Gasteiger partial charge in [0.05, 0.1) is 0 Å². The van der Waals surface area contributed by atoms with Crippen molar-refractivity contribution in [2.45, 2.75) is 13.8 Å². The fourth-order valence-electron chi connectivity index (χ4n) is 1.53. The Balaban J connectivity index is 2.11. The first-order valence-corrected chi connectivity index (χ1v) is 6.01. The van der Waals surface area contributed by atoms with Crippen molar-refractivity contribution in [1.82, 2.24) is 14.8 Å². The number of nitrogens with one attached hydrogen (secondary N) is 1. The molecule has 0 unspecified atom stereocenters. The third kappa shape index (κ3) is 3.29. The van der Waals surface area contributed by atoms with Crippen molar-refractivity contribution in [2.24, 2.45) is 5.41 Å². The molecule has 0 saturated carbocycles. The van der Waals surface area contributed by atoms with Crippen LogP contribution in [0.3, 0.4) is 0 Å². The van der Waals surface area contributed by atoms with Gasteiger partial charge in [0.25, 0.3) is 0 Å². The fraction of sp³-hybridized carbons (Fsp3) is 0.385. The lowest BCUT2D eigenvalue weighted by Gasteiger charge is -2.22. The summed E-state index contributed by atoms with van der Waals surface area (Å²) < 4.78 is 15.3. The number of aromatic nitrogens is 3. The molecule has 0 atom stereocenters. The topological polar surface area (TPSA) is 63.0 Å². The molecule has 102 valence electrons. The van der Waals surface area contributed by atoms with E-state index in [0.29, 0.717) is 17.9 Å². The third-order valence-corrected chi connectivity index (χ3v) is 2.81. The number of nitrogens with zero attached hydrogens (tertiary/aromatic N) is 3. The Labute approximate surface area is 111 Å². The second kappa shape index (κ2) is 5.36. The molecule has 19 heavy (non-hydrogen) atoms. The van der Waals surface area contributed by atoms with Gasteiger partial charge in [-0.05, 0) is 18.2 Å². The second-order valence-corrected chi connectivity index (χ2v) is 5.18. The standard InChI is InChI=1S/C13H17FN4O/c1-13(2,7-19)6-16-10-3-4-12(11(14)5-10)18-9-15-8-17-18/h3-5,8-9,16,19H,6-7H2,1-2H3. The van der Waals surface area contributed by atoms with Crippen molar-refractivity contribution in [3.8, 4) is 5.69 Å². The van der Waals surface area contributed by atoms with Gasteiger partial charge in [-0.25, -0.2) is 14.1 Å². The Kier molecular flexibility index (Phi) is 3.80. The Bertz CT molecular complexity index is 540. The minimum absolute atomic E-state index is 0.0690. The summed E-state index contributed by atoms with van der Waals surface area (Å²) in [5, 5.41) is 16.2. The van der Waals surface area contributed by atoms with Crippen LogP contribution in [-0.2, 0) is 0 Å². The van der Waals surface area contributed by atoms with E-state index in [1.807, 2.05) is 13.8 Å². The van der Waals surface area contributed by atoms with Crippen LogP contribution in [0.2, 0.25) is 0 Å². The molecule has 0 fully saturated rings. The Morgan fingerprint density at radius 1 is 1.42 bits per heavy atom. The number of hydrogen-bond donors (Lipinski definition) is 2. The molecule has 1 aromatic heterocycles. The molecule has 2 rings (SSSR count). The monoisotopic (exact) mass is 264 g/mol. The normalized spacial score (nSPS) is 11.6. The number of halogens is 1. The summed E-state index contributed by atoms with van der Waals surface area (Å²) in [6, 6.07) is 4.82. The van der Waals surface area contributed by atoms with Gasteiger partial charge in [-0.2, -0.15) is 5.10 Å². The summed E-state index contributed by atoms with van der Waals surface area (Å²) in [5.74, 6) is -0.377. The SMILES string of the molecule is CC(C)(CO)CNc1ccc(-n2cncn2)c(F)c1. The van der Waals surface area contributed by atoms with Crippen LogP contribution in [0.4, 0.5) is 10.1 Å². The Hall–Kier alpha value is -1.95. The van der Waals surface area contributed by atoms with Crippen molar-refractivity contribution >= 4 is 5.69 Å². The summed E-state index contributed by atoms with van der Waals surface area (Å²) in [4.78, 5) is 3.78. The van der Waals surface area contributed by atoms with Gasteiger partial charge in [-0.3, -0.25) is 0 Å². The van der Waals surface area contributed by atoms with E-state index in [1.54, 1.807) is 12.1 Å². The molecule has 0 saturated heterocycles. The molecule has 0 spiro atoms. The van der Waals surface area contributed by atoms with E-state index in [-0.39, 0.29) is 17.8 Å². The largest absolute Gasteiger partial charge is 0.396 e. The van der Waals surface area contributed by atoms with Crippen LogP contribution in [-0.4, -0.2) is 33.0 Å². The van der Waals surface area contributed by atoms with Gasteiger partial charge in [-0.1, -0.05) is 13.8 Å². The van der Waals surface area contributed by atoms with Gasteiger partial charge in [0, 0.05) is 24.3 Å². The highest BCUT2D eigenvalue weighted by molar-refractivity contribution is 5.49. The fourth-order valence-corrected chi connectivity index (χ4v) is 1.53. The van der Waals surface area contributed by atoms with E-state index < -0.39 is 0 Å². The van der Waals surface area contributed by atoms with E-state index in [4.69, 9.17) is 5.11 Å². The van der Waals surface area contributed by atoms with Crippen LogP contribution in [0.15, 0.2) is 30.9 Å². The molecule has 5 nitrogen and oxygen atoms in total. The molecule has 0 aliphatic heterocycles. The number of benzene rings is 1.